The number of hydrogen-bond acceptors (Lipinski definition) is 7. The molecule has 1 aliphatic heterocycles. The number of ketones is 1. The number of rotatable bonds is 9. The van der Waals surface area contributed by atoms with Gasteiger partial charge in [0, 0.05) is 59.6 Å². The molecule has 8 nitrogen and oxygen atoms in total. The zero-order chi connectivity index (χ0) is 30.7. The summed E-state index contributed by atoms with van der Waals surface area (Å²) >= 11 is 0. The molecule has 0 amide bonds. The Morgan fingerprint density at radius 2 is 1.56 bits per heavy atom. The maximum absolute atomic E-state index is 13.9. The number of ether oxygens (including phenoxy) is 3. The topological polar surface area (TPSA) is 95.3 Å². The summed E-state index contributed by atoms with van der Waals surface area (Å²) in [6.45, 7) is 5.98. The van der Waals surface area contributed by atoms with E-state index in [1.165, 1.54) is 0 Å². The number of amidine groups is 1. The Morgan fingerprint density at radius 1 is 0.907 bits per heavy atom. The number of allylic oxidation sites excluding steroid dienone is 2. The molecule has 3 aromatic rings. The van der Waals surface area contributed by atoms with Crippen LogP contribution in [0.5, 0.6) is 17.2 Å². The van der Waals surface area contributed by atoms with Gasteiger partial charge >= 0.3 is 0 Å². The second kappa shape index (κ2) is 12.7. The van der Waals surface area contributed by atoms with Crippen molar-refractivity contribution in [1.29, 1.82) is 5.41 Å². The zero-order valence-corrected chi connectivity index (χ0v) is 25.4. The molecule has 0 radical (unpaired) electrons. The Hall–Kier alpha value is -4.72. The van der Waals surface area contributed by atoms with E-state index in [1.807, 2.05) is 12.1 Å². The van der Waals surface area contributed by atoms with Gasteiger partial charge in [-0.25, -0.2) is 0 Å². The van der Waals surface area contributed by atoms with Gasteiger partial charge in [0.15, 0.2) is 5.78 Å². The highest BCUT2D eigenvalue weighted by Crippen LogP contribution is 2.50. The van der Waals surface area contributed by atoms with Gasteiger partial charge in [0.1, 0.15) is 28.8 Å². The first-order valence-electron chi connectivity index (χ1n) is 14.7. The van der Waals surface area contributed by atoms with E-state index in [2.05, 4.69) is 30.9 Å². The largest absolute Gasteiger partial charge is 0.507 e. The fourth-order valence-electron chi connectivity index (χ4n) is 6.13. The fraction of sp³-hybridized carbons (Fsp3) is 0.314. The van der Waals surface area contributed by atoms with Crippen molar-refractivity contribution in [3.8, 4) is 17.2 Å². The van der Waals surface area contributed by atoms with E-state index < -0.39 is 5.92 Å². The molecule has 1 atom stereocenters. The number of aliphatic hydroxyl groups excluding tert-OH is 1. The molecule has 8 heteroatoms. The van der Waals surface area contributed by atoms with E-state index in [1.54, 1.807) is 68.7 Å². The van der Waals surface area contributed by atoms with Crippen molar-refractivity contribution in [1.82, 2.24) is 0 Å². The second-order valence-electron chi connectivity index (χ2n) is 10.5. The van der Waals surface area contributed by atoms with E-state index in [9.17, 15) is 15.3 Å². The molecule has 0 saturated carbocycles. The maximum Gasteiger partial charge on any atom is 0.161 e. The van der Waals surface area contributed by atoms with Crippen molar-refractivity contribution >= 4 is 28.8 Å². The normalized spacial score (nSPS) is 17.9. The molecule has 1 heterocycles. The summed E-state index contributed by atoms with van der Waals surface area (Å²) in [5.74, 6) is 1.16. The highest BCUT2D eigenvalue weighted by Gasteiger charge is 2.44. The third-order valence-corrected chi connectivity index (χ3v) is 8.36. The van der Waals surface area contributed by atoms with Crippen molar-refractivity contribution < 1.29 is 24.1 Å². The van der Waals surface area contributed by atoms with Gasteiger partial charge in [-0.05, 0) is 80.8 Å². The minimum absolute atomic E-state index is 0.0125. The molecular weight excluding hydrogens is 542 g/mol. The molecule has 5 rings (SSSR count). The Labute approximate surface area is 253 Å². The standard InChI is InChI=1S/C35H39N3O5/c1-6-37(7-2)24-15-11-22(12-16-24)31-32-27(9-8-10-29(32)39)38(28-21-26(42-4)19-20-30(28)43-5)35(36)33(31)34(40)23-13-17-25(41-3)18-14-23/h11-21,31,36,40H,6-10H2,1-5H3/b34-33+,36-35?. The lowest BCUT2D eigenvalue weighted by molar-refractivity contribution is -0.116. The van der Waals surface area contributed by atoms with Crippen molar-refractivity contribution in [2.45, 2.75) is 39.0 Å². The lowest BCUT2D eigenvalue weighted by atomic mass is 9.73. The maximum atomic E-state index is 13.9. The molecule has 2 aliphatic rings. The Morgan fingerprint density at radius 3 is 2.16 bits per heavy atom. The zero-order valence-electron chi connectivity index (χ0n) is 25.4. The van der Waals surface area contributed by atoms with Crippen LogP contribution < -0.4 is 24.0 Å². The fourth-order valence-corrected chi connectivity index (χ4v) is 6.13. The second-order valence-corrected chi connectivity index (χ2v) is 10.5. The van der Waals surface area contributed by atoms with Crippen LogP contribution >= 0.6 is 0 Å². The van der Waals surface area contributed by atoms with Gasteiger partial charge in [-0.2, -0.15) is 0 Å². The SMILES string of the molecule is CCN(CC)c1ccc(C2C3=C(CCCC3=O)N(c3cc(OC)ccc3OC)C(=N)/C2=C(/O)c2ccc(OC)cc2)cc1. The molecule has 0 saturated heterocycles. The average Bonchev–Trinajstić information content (AvgIpc) is 3.04. The summed E-state index contributed by atoms with van der Waals surface area (Å²) < 4.78 is 16.6. The third-order valence-electron chi connectivity index (χ3n) is 8.36. The minimum atomic E-state index is -0.629. The number of aliphatic hydroxyl groups is 1. The van der Waals surface area contributed by atoms with Gasteiger partial charge in [0.25, 0.3) is 0 Å². The third kappa shape index (κ3) is 5.45. The van der Waals surface area contributed by atoms with Crippen molar-refractivity contribution in [3.05, 3.63) is 94.7 Å². The van der Waals surface area contributed by atoms with Crippen molar-refractivity contribution in [3.63, 3.8) is 0 Å². The highest BCUT2D eigenvalue weighted by molar-refractivity contribution is 6.20. The monoisotopic (exact) mass is 581 g/mol. The van der Waals surface area contributed by atoms with E-state index in [4.69, 9.17) is 14.2 Å². The lowest BCUT2D eigenvalue weighted by Gasteiger charge is -2.42. The first-order valence-corrected chi connectivity index (χ1v) is 14.7. The smallest absolute Gasteiger partial charge is 0.161 e. The Balaban J connectivity index is 1.80. The number of carbonyl (C=O) groups is 1. The lowest BCUT2D eigenvalue weighted by Crippen LogP contribution is -2.42. The number of Topliss-reactive ketones (excluding diaryl/α,β-unsaturated/α-hetero) is 1. The number of anilines is 2. The first kappa shape index (κ1) is 29.8. The predicted octanol–water partition coefficient (Wildman–Crippen LogP) is 7.12. The highest BCUT2D eigenvalue weighted by atomic mass is 16.5. The molecule has 2 N–H and O–H groups in total. The van der Waals surface area contributed by atoms with Crippen LogP contribution in [0.25, 0.3) is 5.76 Å². The first-order chi connectivity index (χ1) is 20.9. The van der Waals surface area contributed by atoms with Gasteiger partial charge < -0.3 is 24.2 Å². The minimum Gasteiger partial charge on any atom is -0.507 e. The van der Waals surface area contributed by atoms with E-state index in [-0.39, 0.29) is 17.4 Å². The molecule has 0 aromatic heterocycles. The summed E-state index contributed by atoms with van der Waals surface area (Å²) in [4.78, 5) is 17.9. The Kier molecular flexibility index (Phi) is 8.76. The van der Waals surface area contributed by atoms with Crippen LogP contribution in [0.1, 0.15) is 50.2 Å². The molecule has 3 aromatic carbocycles. The molecule has 0 spiro atoms. The quantitative estimate of drug-likeness (QED) is 0.260. The summed E-state index contributed by atoms with van der Waals surface area (Å²) in [7, 11) is 4.75. The number of nitrogens with one attached hydrogen (secondary N) is 1. The van der Waals surface area contributed by atoms with Gasteiger partial charge in [-0.1, -0.05) is 12.1 Å². The van der Waals surface area contributed by atoms with Crippen molar-refractivity contribution in [2.24, 2.45) is 0 Å². The number of carbonyl (C=O) groups excluding carboxylic acids is 1. The van der Waals surface area contributed by atoms with Gasteiger partial charge in [0.2, 0.25) is 0 Å². The van der Waals surface area contributed by atoms with Crippen LogP contribution in [0.4, 0.5) is 11.4 Å². The summed E-state index contributed by atoms with van der Waals surface area (Å²) in [5.41, 5.74) is 4.71. The number of methoxy groups -OCH3 is 3. The van der Waals surface area contributed by atoms with Crippen LogP contribution in [0.2, 0.25) is 0 Å². The summed E-state index contributed by atoms with van der Waals surface area (Å²) in [6, 6.07) is 20.6. The van der Waals surface area contributed by atoms with Crippen LogP contribution in [0.15, 0.2) is 83.6 Å². The predicted molar refractivity (Wildman–Crippen MR) is 171 cm³/mol. The molecular formula is C35H39N3O5. The molecule has 1 unspecified atom stereocenters. The summed E-state index contributed by atoms with van der Waals surface area (Å²) in [5, 5.41) is 21.6. The molecule has 0 fully saturated rings. The number of hydrogen-bond donors (Lipinski definition) is 2. The number of nitrogens with zero attached hydrogens (tertiary/aromatic N) is 2. The molecule has 224 valence electrons. The van der Waals surface area contributed by atoms with Gasteiger partial charge in [-0.15, -0.1) is 0 Å². The van der Waals surface area contributed by atoms with Gasteiger partial charge in [0.05, 0.1) is 27.0 Å². The van der Waals surface area contributed by atoms with Crippen LogP contribution in [0, 0.1) is 5.41 Å². The Bertz CT molecular complexity index is 1570. The summed E-state index contributed by atoms with van der Waals surface area (Å²) in [6.07, 6.45) is 1.68. The van der Waals surface area contributed by atoms with Crippen LogP contribution in [-0.2, 0) is 4.79 Å². The van der Waals surface area contributed by atoms with Gasteiger partial charge in [-0.3, -0.25) is 15.1 Å². The number of benzene rings is 3. The van der Waals surface area contributed by atoms with Crippen LogP contribution in [0.3, 0.4) is 0 Å². The molecule has 0 bridgehead atoms. The van der Waals surface area contributed by atoms with Crippen molar-refractivity contribution in [2.75, 3.05) is 44.2 Å². The van der Waals surface area contributed by atoms with Crippen LogP contribution in [-0.4, -0.2) is 51.1 Å². The van der Waals surface area contributed by atoms with E-state index >= 15 is 0 Å². The molecule has 1 aliphatic carbocycles. The van der Waals surface area contributed by atoms with E-state index in [0.717, 1.165) is 30.0 Å². The average molecular weight is 582 g/mol. The van der Waals surface area contributed by atoms with E-state index in [0.29, 0.717) is 58.9 Å². The molecule has 43 heavy (non-hydrogen) atoms.